The number of aromatic nitrogens is 1. The number of benzene rings is 1. The number of carbonyl (C=O) groups is 1. The predicted octanol–water partition coefficient (Wildman–Crippen LogP) is 4.60. The molecule has 2 heterocycles. The maximum Gasteiger partial charge on any atom is 0.272 e. The van der Waals surface area contributed by atoms with Gasteiger partial charge in [-0.25, -0.2) is 0 Å². The third-order valence-electron chi connectivity index (χ3n) is 3.80. The molecule has 4 heteroatoms. The van der Waals surface area contributed by atoms with Crippen LogP contribution < -0.4 is 5.32 Å². The normalized spacial score (nSPS) is 11.0. The number of rotatable bonds is 5. The third kappa shape index (κ3) is 2.77. The molecule has 0 saturated carbocycles. The van der Waals surface area contributed by atoms with Crippen molar-refractivity contribution in [1.82, 2.24) is 4.57 Å². The van der Waals surface area contributed by atoms with E-state index in [1.54, 1.807) is 6.26 Å². The van der Waals surface area contributed by atoms with Crippen LogP contribution in [0.2, 0.25) is 0 Å². The summed E-state index contributed by atoms with van der Waals surface area (Å²) >= 11 is 0. The van der Waals surface area contributed by atoms with E-state index in [1.165, 1.54) is 5.56 Å². The van der Waals surface area contributed by atoms with Crippen LogP contribution in [0.5, 0.6) is 0 Å². The molecule has 2 aromatic heterocycles. The van der Waals surface area contributed by atoms with Gasteiger partial charge in [0, 0.05) is 24.4 Å². The second kappa shape index (κ2) is 6.10. The van der Waals surface area contributed by atoms with Gasteiger partial charge in [-0.1, -0.05) is 31.0 Å². The summed E-state index contributed by atoms with van der Waals surface area (Å²) in [5, 5.41) is 2.95. The van der Waals surface area contributed by atoms with Gasteiger partial charge >= 0.3 is 0 Å². The van der Waals surface area contributed by atoms with Crippen molar-refractivity contribution >= 4 is 22.7 Å². The average molecular weight is 296 g/mol. The van der Waals surface area contributed by atoms with Crippen LogP contribution in [0.25, 0.3) is 11.1 Å². The van der Waals surface area contributed by atoms with E-state index in [2.05, 4.69) is 12.2 Å². The minimum atomic E-state index is -0.105. The smallest absolute Gasteiger partial charge is 0.272 e. The lowest BCUT2D eigenvalue weighted by atomic mass is 10.2. The molecule has 0 bridgehead atoms. The van der Waals surface area contributed by atoms with Crippen molar-refractivity contribution in [1.29, 1.82) is 0 Å². The lowest BCUT2D eigenvalue weighted by Gasteiger charge is -2.10. The molecular weight excluding hydrogens is 276 g/mol. The van der Waals surface area contributed by atoms with E-state index in [4.69, 9.17) is 4.42 Å². The van der Waals surface area contributed by atoms with Gasteiger partial charge in [0.05, 0.1) is 11.8 Å². The van der Waals surface area contributed by atoms with Gasteiger partial charge in [-0.15, -0.1) is 0 Å². The van der Waals surface area contributed by atoms with Gasteiger partial charge in [0.1, 0.15) is 5.69 Å². The highest BCUT2D eigenvalue weighted by Crippen LogP contribution is 2.23. The molecule has 0 aliphatic carbocycles. The fraction of sp³-hybridized carbons (Fsp3) is 0.278. The van der Waals surface area contributed by atoms with Crippen molar-refractivity contribution in [2.75, 3.05) is 5.32 Å². The minimum absolute atomic E-state index is 0.105. The van der Waals surface area contributed by atoms with Gasteiger partial charge in [-0.2, -0.15) is 0 Å². The third-order valence-corrected chi connectivity index (χ3v) is 3.80. The number of aryl methyl sites for hydroxylation is 2. The van der Waals surface area contributed by atoms with Gasteiger partial charge < -0.3 is 14.3 Å². The van der Waals surface area contributed by atoms with Crippen molar-refractivity contribution in [3.63, 3.8) is 0 Å². The lowest BCUT2D eigenvalue weighted by molar-refractivity contribution is 0.101. The second-order valence-electron chi connectivity index (χ2n) is 5.53. The first-order valence-corrected chi connectivity index (χ1v) is 7.64. The molecule has 1 amide bonds. The van der Waals surface area contributed by atoms with Crippen molar-refractivity contribution in [3.05, 3.63) is 53.9 Å². The zero-order valence-corrected chi connectivity index (χ0v) is 12.9. The molecule has 0 spiro atoms. The average Bonchev–Trinajstić information content (AvgIpc) is 3.08. The Labute approximate surface area is 129 Å². The first kappa shape index (κ1) is 14.4. The fourth-order valence-corrected chi connectivity index (χ4v) is 2.55. The Balaban J connectivity index is 1.89. The predicted molar refractivity (Wildman–Crippen MR) is 88.2 cm³/mol. The summed E-state index contributed by atoms with van der Waals surface area (Å²) in [5.74, 6) is -0.105. The van der Waals surface area contributed by atoms with Crippen molar-refractivity contribution in [2.45, 2.75) is 33.2 Å². The molecule has 0 atom stereocenters. The van der Waals surface area contributed by atoms with E-state index in [1.807, 2.05) is 47.9 Å². The molecule has 0 unspecified atom stereocenters. The molecule has 0 radical (unpaired) electrons. The number of nitrogens with one attached hydrogen (secondary N) is 1. The zero-order valence-electron chi connectivity index (χ0n) is 12.9. The molecule has 114 valence electrons. The maximum absolute atomic E-state index is 12.6. The second-order valence-corrected chi connectivity index (χ2v) is 5.53. The molecule has 0 saturated heterocycles. The first-order chi connectivity index (χ1) is 10.7. The number of amides is 1. The van der Waals surface area contributed by atoms with E-state index in [0.29, 0.717) is 5.69 Å². The Hall–Kier alpha value is -2.49. The zero-order chi connectivity index (χ0) is 15.5. The summed E-state index contributed by atoms with van der Waals surface area (Å²) in [4.78, 5) is 12.6. The number of furan rings is 1. The van der Waals surface area contributed by atoms with Crippen LogP contribution in [-0.4, -0.2) is 10.5 Å². The topological polar surface area (TPSA) is 47.2 Å². The summed E-state index contributed by atoms with van der Waals surface area (Å²) in [6, 6.07) is 11.5. The molecule has 3 aromatic rings. The summed E-state index contributed by atoms with van der Waals surface area (Å²) in [6.07, 6.45) is 3.77. The van der Waals surface area contributed by atoms with Gasteiger partial charge in [0.25, 0.3) is 5.91 Å². The number of nitrogens with zero attached hydrogens (tertiary/aromatic N) is 1. The maximum atomic E-state index is 12.6. The number of hydrogen-bond acceptors (Lipinski definition) is 2. The molecule has 3 rings (SSSR count). The molecule has 1 aromatic carbocycles. The Kier molecular flexibility index (Phi) is 4.00. The summed E-state index contributed by atoms with van der Waals surface area (Å²) in [6.45, 7) is 4.98. The Morgan fingerprint density at radius 2 is 2.00 bits per heavy atom. The van der Waals surface area contributed by atoms with Crippen LogP contribution in [0.1, 0.15) is 35.8 Å². The Morgan fingerprint density at radius 3 is 2.73 bits per heavy atom. The fourth-order valence-electron chi connectivity index (χ4n) is 2.55. The molecule has 1 N–H and O–H groups in total. The van der Waals surface area contributed by atoms with Crippen LogP contribution in [-0.2, 0) is 6.54 Å². The van der Waals surface area contributed by atoms with Crippen molar-refractivity contribution < 1.29 is 9.21 Å². The summed E-state index contributed by atoms with van der Waals surface area (Å²) < 4.78 is 7.47. The van der Waals surface area contributed by atoms with E-state index < -0.39 is 0 Å². The quantitative estimate of drug-likeness (QED) is 0.748. The molecular formula is C18H20N2O2. The van der Waals surface area contributed by atoms with Crippen LogP contribution >= 0.6 is 0 Å². The van der Waals surface area contributed by atoms with E-state index in [0.717, 1.165) is 36.2 Å². The highest BCUT2D eigenvalue weighted by atomic mass is 16.3. The first-order valence-electron chi connectivity index (χ1n) is 7.64. The minimum Gasteiger partial charge on any atom is -0.463 e. The standard InChI is InChI=1S/C18H20N2O2/c1-3-4-10-20-15-9-11-22-17(15)12-16(20)18(21)19-14-7-5-13(2)6-8-14/h5-9,11-12H,3-4,10H2,1-2H3,(H,19,21). The number of hydrogen-bond donors (Lipinski definition) is 1. The van der Waals surface area contributed by atoms with Crippen molar-refractivity contribution in [2.24, 2.45) is 0 Å². The van der Waals surface area contributed by atoms with Crippen LogP contribution in [0.15, 0.2) is 47.1 Å². The number of carbonyl (C=O) groups excluding carboxylic acids is 1. The molecule has 22 heavy (non-hydrogen) atoms. The summed E-state index contributed by atoms with van der Waals surface area (Å²) in [5.41, 5.74) is 4.34. The molecule has 0 aliphatic heterocycles. The number of fused-ring (bicyclic) bond motifs is 1. The van der Waals surface area contributed by atoms with Crippen molar-refractivity contribution in [3.8, 4) is 0 Å². The van der Waals surface area contributed by atoms with Gasteiger partial charge in [0.2, 0.25) is 0 Å². The summed E-state index contributed by atoms with van der Waals surface area (Å²) in [7, 11) is 0. The van der Waals surface area contributed by atoms with Crippen LogP contribution in [0.4, 0.5) is 5.69 Å². The molecule has 4 nitrogen and oxygen atoms in total. The van der Waals surface area contributed by atoms with E-state index in [-0.39, 0.29) is 5.91 Å². The lowest BCUT2D eigenvalue weighted by Crippen LogP contribution is -2.17. The van der Waals surface area contributed by atoms with Crippen LogP contribution in [0.3, 0.4) is 0 Å². The molecule has 0 aliphatic rings. The number of unbranched alkanes of at least 4 members (excludes halogenated alkanes) is 1. The van der Waals surface area contributed by atoms with E-state index in [9.17, 15) is 4.79 Å². The highest BCUT2D eigenvalue weighted by molar-refractivity contribution is 6.05. The van der Waals surface area contributed by atoms with E-state index >= 15 is 0 Å². The largest absolute Gasteiger partial charge is 0.463 e. The van der Waals surface area contributed by atoms with Gasteiger partial charge in [-0.05, 0) is 25.5 Å². The Morgan fingerprint density at radius 1 is 1.23 bits per heavy atom. The van der Waals surface area contributed by atoms with Gasteiger partial charge in [0.15, 0.2) is 5.58 Å². The molecule has 0 fully saturated rings. The SMILES string of the molecule is CCCCn1c(C(=O)Nc2ccc(C)cc2)cc2occc21. The Bertz CT molecular complexity index is 781. The number of anilines is 1. The highest BCUT2D eigenvalue weighted by Gasteiger charge is 2.17. The van der Waals surface area contributed by atoms with Gasteiger partial charge in [-0.3, -0.25) is 4.79 Å². The van der Waals surface area contributed by atoms with Crippen LogP contribution in [0, 0.1) is 6.92 Å². The monoisotopic (exact) mass is 296 g/mol.